The molecule has 0 aliphatic carbocycles. The zero-order valence-corrected chi connectivity index (χ0v) is 20.5. The monoisotopic (exact) mass is 513 g/mol. The molecular weight excluding hydrogens is 481 g/mol. The maximum atomic E-state index is 5.73. The summed E-state index contributed by atoms with van der Waals surface area (Å²) in [5, 5.41) is 11.3. The highest BCUT2D eigenvalue weighted by molar-refractivity contribution is 14.0. The lowest BCUT2D eigenvalue weighted by molar-refractivity contribution is 0.171. The second kappa shape index (κ2) is 9.69. The third-order valence-corrected chi connectivity index (χ3v) is 5.34. The summed E-state index contributed by atoms with van der Waals surface area (Å²) in [7, 11) is 3.75. The van der Waals surface area contributed by atoms with Crippen LogP contribution in [-0.2, 0) is 19.0 Å². The van der Waals surface area contributed by atoms with Crippen LogP contribution < -0.4 is 20.1 Å². The normalized spacial score (nSPS) is 13.7. The fourth-order valence-electron chi connectivity index (χ4n) is 3.34. The van der Waals surface area contributed by atoms with Crippen LogP contribution in [0.4, 0.5) is 0 Å². The number of ether oxygens (including phenoxy) is 2. The molecule has 1 aromatic heterocycles. The van der Waals surface area contributed by atoms with Gasteiger partial charge in [-0.2, -0.15) is 5.10 Å². The molecule has 0 saturated heterocycles. The molecule has 0 atom stereocenters. The predicted octanol–water partition coefficient (Wildman–Crippen LogP) is 3.07. The summed E-state index contributed by atoms with van der Waals surface area (Å²) >= 11 is 0. The molecular formula is C21H32IN5O2. The number of nitrogens with one attached hydrogen (secondary N) is 2. The third kappa shape index (κ3) is 5.34. The van der Waals surface area contributed by atoms with Gasteiger partial charge in [0.25, 0.3) is 0 Å². The van der Waals surface area contributed by atoms with E-state index in [4.69, 9.17) is 9.47 Å². The highest BCUT2D eigenvalue weighted by Gasteiger charge is 2.24. The largest absolute Gasteiger partial charge is 0.486 e. The lowest BCUT2D eigenvalue weighted by Gasteiger charge is -2.28. The van der Waals surface area contributed by atoms with E-state index in [9.17, 15) is 0 Å². The van der Waals surface area contributed by atoms with E-state index in [2.05, 4.69) is 53.6 Å². The number of aliphatic imine (C=N–C) groups is 1. The van der Waals surface area contributed by atoms with Crippen LogP contribution in [0.1, 0.15) is 36.4 Å². The van der Waals surface area contributed by atoms with Crippen molar-refractivity contribution in [3.8, 4) is 11.5 Å². The second-order valence-electron chi connectivity index (χ2n) is 7.79. The van der Waals surface area contributed by atoms with Gasteiger partial charge in [0.05, 0.1) is 5.69 Å². The van der Waals surface area contributed by atoms with Gasteiger partial charge in [-0.05, 0) is 31.5 Å². The van der Waals surface area contributed by atoms with E-state index in [-0.39, 0.29) is 29.4 Å². The van der Waals surface area contributed by atoms with E-state index in [0.717, 1.165) is 35.4 Å². The van der Waals surface area contributed by atoms with Crippen molar-refractivity contribution in [3.63, 3.8) is 0 Å². The van der Waals surface area contributed by atoms with Crippen LogP contribution in [0.15, 0.2) is 23.2 Å². The first-order valence-corrected chi connectivity index (χ1v) is 9.65. The molecule has 1 aliphatic rings. The number of hydrogen-bond acceptors (Lipinski definition) is 4. The van der Waals surface area contributed by atoms with Gasteiger partial charge in [0.1, 0.15) is 13.2 Å². The van der Waals surface area contributed by atoms with Crippen LogP contribution in [0, 0.1) is 13.8 Å². The molecule has 0 spiro atoms. The van der Waals surface area contributed by atoms with Crippen molar-refractivity contribution in [3.05, 3.63) is 40.7 Å². The van der Waals surface area contributed by atoms with Crippen molar-refractivity contribution in [2.75, 3.05) is 26.8 Å². The standard InChI is InChI=1S/C21H31N5O2.HI/c1-14-17(15(2)26(6)25-14)12-23-20(22-5)24-13-21(3,4)16-7-8-18-19(11-16)28-10-9-27-18;/h7-8,11H,9-10,12-13H2,1-6H3,(H2,22,23,24);1H. The summed E-state index contributed by atoms with van der Waals surface area (Å²) in [6.45, 7) is 11.1. The summed E-state index contributed by atoms with van der Waals surface area (Å²) in [6.07, 6.45) is 0. The minimum absolute atomic E-state index is 0. The number of hydrogen-bond donors (Lipinski definition) is 2. The number of halogens is 1. The summed E-state index contributed by atoms with van der Waals surface area (Å²) in [5.74, 6) is 2.41. The first kappa shape index (κ1) is 23.3. The number of rotatable bonds is 5. The number of aromatic nitrogens is 2. The molecule has 2 aromatic rings. The van der Waals surface area contributed by atoms with Crippen LogP contribution >= 0.6 is 24.0 Å². The molecule has 1 aromatic carbocycles. The Morgan fingerprint density at radius 1 is 1.17 bits per heavy atom. The van der Waals surface area contributed by atoms with Gasteiger partial charge in [-0.15, -0.1) is 24.0 Å². The maximum absolute atomic E-state index is 5.73. The molecule has 0 amide bonds. The summed E-state index contributed by atoms with van der Waals surface area (Å²) in [6, 6.07) is 6.18. The minimum atomic E-state index is -0.104. The number of nitrogens with zero attached hydrogens (tertiary/aromatic N) is 3. The van der Waals surface area contributed by atoms with Gasteiger partial charge < -0.3 is 20.1 Å². The molecule has 0 fully saturated rings. The lowest BCUT2D eigenvalue weighted by Crippen LogP contribution is -2.43. The number of guanidine groups is 1. The van der Waals surface area contributed by atoms with Gasteiger partial charge >= 0.3 is 0 Å². The number of fused-ring (bicyclic) bond motifs is 1. The minimum Gasteiger partial charge on any atom is -0.486 e. The molecule has 3 rings (SSSR count). The Kier molecular flexibility index (Phi) is 7.79. The highest BCUT2D eigenvalue weighted by atomic mass is 127. The van der Waals surface area contributed by atoms with Crippen molar-refractivity contribution in [1.29, 1.82) is 0 Å². The molecule has 2 N–H and O–H groups in total. The smallest absolute Gasteiger partial charge is 0.191 e. The van der Waals surface area contributed by atoms with Crippen molar-refractivity contribution in [2.45, 2.75) is 39.7 Å². The van der Waals surface area contributed by atoms with Crippen LogP contribution in [-0.4, -0.2) is 42.5 Å². The topological polar surface area (TPSA) is 72.7 Å². The molecule has 0 unspecified atom stereocenters. The van der Waals surface area contributed by atoms with Gasteiger partial charge in [0, 0.05) is 43.9 Å². The zero-order valence-electron chi connectivity index (χ0n) is 18.1. The summed E-state index contributed by atoms with van der Waals surface area (Å²) in [5.41, 5.74) is 4.50. The van der Waals surface area contributed by atoms with Crippen molar-refractivity contribution in [2.24, 2.45) is 12.0 Å². The summed E-state index contributed by atoms with van der Waals surface area (Å²) in [4.78, 5) is 4.36. The van der Waals surface area contributed by atoms with Crippen molar-refractivity contribution < 1.29 is 9.47 Å². The molecule has 160 valence electrons. The molecule has 0 bridgehead atoms. The molecule has 2 heterocycles. The van der Waals surface area contributed by atoms with E-state index in [1.165, 1.54) is 11.1 Å². The van der Waals surface area contributed by atoms with Crippen LogP contribution in [0.3, 0.4) is 0 Å². The Morgan fingerprint density at radius 3 is 2.48 bits per heavy atom. The Morgan fingerprint density at radius 2 is 1.86 bits per heavy atom. The van der Waals surface area contributed by atoms with Gasteiger partial charge in [0.2, 0.25) is 0 Å². The van der Waals surface area contributed by atoms with Crippen LogP contribution in [0.5, 0.6) is 11.5 Å². The zero-order chi connectivity index (χ0) is 20.3. The molecule has 7 nitrogen and oxygen atoms in total. The Labute approximate surface area is 190 Å². The number of aryl methyl sites for hydroxylation is 2. The van der Waals surface area contributed by atoms with E-state index in [1.54, 1.807) is 7.05 Å². The van der Waals surface area contributed by atoms with E-state index in [1.807, 2.05) is 24.7 Å². The van der Waals surface area contributed by atoms with E-state index < -0.39 is 0 Å². The fourth-order valence-corrected chi connectivity index (χ4v) is 3.34. The summed E-state index contributed by atoms with van der Waals surface area (Å²) < 4.78 is 13.3. The molecule has 8 heteroatoms. The Hall–Kier alpha value is -1.97. The van der Waals surface area contributed by atoms with Gasteiger partial charge in [0.15, 0.2) is 17.5 Å². The van der Waals surface area contributed by atoms with E-state index in [0.29, 0.717) is 19.8 Å². The van der Waals surface area contributed by atoms with Gasteiger partial charge in [-0.1, -0.05) is 19.9 Å². The second-order valence-corrected chi connectivity index (χ2v) is 7.79. The van der Waals surface area contributed by atoms with Crippen molar-refractivity contribution in [1.82, 2.24) is 20.4 Å². The fraction of sp³-hybridized carbons (Fsp3) is 0.524. The number of benzene rings is 1. The lowest BCUT2D eigenvalue weighted by atomic mass is 9.84. The van der Waals surface area contributed by atoms with Gasteiger partial charge in [-0.25, -0.2) is 0 Å². The first-order valence-electron chi connectivity index (χ1n) is 9.65. The average Bonchev–Trinajstić information content (AvgIpc) is 2.93. The predicted molar refractivity (Wildman–Crippen MR) is 127 cm³/mol. The van der Waals surface area contributed by atoms with Crippen molar-refractivity contribution >= 4 is 29.9 Å². The molecule has 29 heavy (non-hydrogen) atoms. The molecule has 1 aliphatic heterocycles. The molecule has 0 radical (unpaired) electrons. The first-order chi connectivity index (χ1) is 13.3. The maximum Gasteiger partial charge on any atom is 0.191 e. The van der Waals surface area contributed by atoms with Gasteiger partial charge in [-0.3, -0.25) is 9.67 Å². The van der Waals surface area contributed by atoms with Crippen LogP contribution in [0.25, 0.3) is 0 Å². The quantitative estimate of drug-likeness (QED) is 0.366. The van der Waals surface area contributed by atoms with E-state index >= 15 is 0 Å². The third-order valence-electron chi connectivity index (χ3n) is 5.34. The SMILES string of the molecule is CN=C(NCc1c(C)nn(C)c1C)NCC(C)(C)c1ccc2c(c1)OCCO2.I. The average molecular weight is 513 g/mol. The Bertz CT molecular complexity index is 876. The highest BCUT2D eigenvalue weighted by Crippen LogP contribution is 2.34. The molecule has 0 saturated carbocycles. The Balaban J connectivity index is 0.00000300. The van der Waals surface area contributed by atoms with Crippen LogP contribution in [0.2, 0.25) is 0 Å².